The Kier molecular flexibility index (Phi) is 5.14. The second-order valence-corrected chi connectivity index (χ2v) is 7.56. The van der Waals surface area contributed by atoms with E-state index >= 15 is 0 Å². The van der Waals surface area contributed by atoms with Gasteiger partial charge in [0.25, 0.3) is 5.56 Å². The molecular formula is C22H18N6OS. The molecule has 0 bridgehead atoms. The van der Waals surface area contributed by atoms with Crippen LogP contribution >= 0.6 is 11.3 Å². The predicted octanol–water partition coefficient (Wildman–Crippen LogP) is 3.57. The number of allylic oxidation sites excluding steroid dienone is 1. The Balaban J connectivity index is 1.93. The van der Waals surface area contributed by atoms with Gasteiger partial charge in [0.15, 0.2) is 0 Å². The molecule has 0 atom stereocenters. The topological polar surface area (TPSA) is 115 Å². The number of hydrogen-bond donors (Lipinski definition) is 3. The van der Waals surface area contributed by atoms with Crippen molar-refractivity contribution in [1.82, 2.24) is 10.2 Å². The van der Waals surface area contributed by atoms with E-state index in [0.717, 1.165) is 20.5 Å². The molecule has 0 saturated heterocycles. The predicted molar refractivity (Wildman–Crippen MR) is 123 cm³/mol. The van der Waals surface area contributed by atoms with Crippen molar-refractivity contribution in [2.24, 2.45) is 16.5 Å². The quantitative estimate of drug-likeness (QED) is 0.350. The Labute approximate surface area is 176 Å². The van der Waals surface area contributed by atoms with E-state index in [2.05, 4.69) is 20.0 Å². The Bertz CT molecular complexity index is 1440. The van der Waals surface area contributed by atoms with Gasteiger partial charge >= 0.3 is 0 Å². The SMILES string of the molecule is [C-]#[N+]c1c(C(=NC)/C(=C\N)c2ccc3c(=O)[nH]nc(CN)c3c2)sc2ccccc12. The first-order chi connectivity index (χ1) is 14.6. The zero-order valence-electron chi connectivity index (χ0n) is 16.1. The van der Waals surface area contributed by atoms with E-state index in [1.165, 1.54) is 17.5 Å². The first kappa shape index (κ1) is 19.5. The van der Waals surface area contributed by atoms with Crippen LogP contribution in [0.4, 0.5) is 5.69 Å². The number of nitrogens with two attached hydrogens (primary N) is 2. The number of nitrogens with one attached hydrogen (secondary N) is 1. The van der Waals surface area contributed by atoms with E-state index in [9.17, 15) is 4.79 Å². The maximum Gasteiger partial charge on any atom is 0.272 e. The molecule has 0 spiro atoms. The molecule has 0 aliphatic carbocycles. The molecule has 4 aromatic rings. The van der Waals surface area contributed by atoms with Crippen LogP contribution in [-0.4, -0.2) is 23.0 Å². The fourth-order valence-corrected chi connectivity index (χ4v) is 4.69. The number of thiophene rings is 1. The van der Waals surface area contributed by atoms with E-state index in [4.69, 9.17) is 18.0 Å². The first-order valence-corrected chi connectivity index (χ1v) is 9.94. The highest BCUT2D eigenvalue weighted by atomic mass is 32.1. The van der Waals surface area contributed by atoms with Crippen molar-refractivity contribution in [3.63, 3.8) is 0 Å². The third-order valence-electron chi connectivity index (χ3n) is 4.91. The van der Waals surface area contributed by atoms with Gasteiger partial charge in [0.05, 0.1) is 28.2 Å². The standard InChI is InChI=1S/C22H18N6OS/c1-25-19-14-5-3-4-6-18(14)30-21(19)20(26-2)16(10-23)12-7-8-13-15(9-12)17(11-24)27-28-22(13)29/h3-10H,11,23-24H2,2H3,(H,28,29)/b16-10-,26-20?. The minimum atomic E-state index is -0.281. The number of hydrogen-bond acceptors (Lipinski definition) is 6. The number of aromatic nitrogens is 2. The summed E-state index contributed by atoms with van der Waals surface area (Å²) in [6, 6.07) is 13.2. The highest BCUT2D eigenvalue weighted by Crippen LogP contribution is 2.40. The second kappa shape index (κ2) is 7.91. The summed E-state index contributed by atoms with van der Waals surface area (Å²) in [7, 11) is 1.68. The van der Waals surface area contributed by atoms with Crippen molar-refractivity contribution in [2.75, 3.05) is 7.05 Å². The number of H-pyrrole nitrogens is 1. The first-order valence-electron chi connectivity index (χ1n) is 9.13. The van der Waals surface area contributed by atoms with Crippen molar-refractivity contribution in [2.45, 2.75) is 6.54 Å². The van der Waals surface area contributed by atoms with Gasteiger partial charge in [0.1, 0.15) is 0 Å². The van der Waals surface area contributed by atoms with Gasteiger partial charge in [-0.3, -0.25) is 9.79 Å². The summed E-state index contributed by atoms with van der Waals surface area (Å²) in [4.78, 5) is 21.1. The van der Waals surface area contributed by atoms with Crippen LogP contribution in [0.15, 0.2) is 58.5 Å². The normalized spacial score (nSPS) is 12.4. The molecule has 0 unspecified atom stereocenters. The molecule has 0 saturated carbocycles. The van der Waals surface area contributed by atoms with Gasteiger partial charge in [0.2, 0.25) is 5.69 Å². The van der Waals surface area contributed by atoms with Crippen molar-refractivity contribution >= 4 is 49.2 Å². The number of rotatable bonds is 4. The third kappa shape index (κ3) is 3.06. The van der Waals surface area contributed by atoms with Crippen LogP contribution in [0.5, 0.6) is 0 Å². The second-order valence-electron chi connectivity index (χ2n) is 6.50. The highest BCUT2D eigenvalue weighted by Gasteiger charge is 2.21. The lowest BCUT2D eigenvalue weighted by atomic mass is 9.97. The fraction of sp³-hybridized carbons (Fsp3) is 0.0909. The average molecular weight is 414 g/mol. The van der Waals surface area contributed by atoms with Gasteiger partial charge in [-0.05, 0) is 29.1 Å². The summed E-state index contributed by atoms with van der Waals surface area (Å²) in [6.07, 6.45) is 1.48. The smallest absolute Gasteiger partial charge is 0.272 e. The molecule has 2 aromatic heterocycles. The number of aliphatic imine (C=N–C) groups is 1. The number of benzene rings is 2. The zero-order valence-corrected chi connectivity index (χ0v) is 17.0. The van der Waals surface area contributed by atoms with Gasteiger partial charge in [0, 0.05) is 35.5 Å². The van der Waals surface area contributed by atoms with Crippen molar-refractivity contribution in [3.05, 3.63) is 86.6 Å². The molecule has 0 aliphatic rings. The molecule has 2 aromatic carbocycles. The molecule has 148 valence electrons. The average Bonchev–Trinajstić information content (AvgIpc) is 3.15. The largest absolute Gasteiger partial charge is 0.404 e. The van der Waals surface area contributed by atoms with Crippen LogP contribution in [0.1, 0.15) is 16.1 Å². The minimum absolute atomic E-state index is 0.186. The van der Waals surface area contributed by atoms with E-state index < -0.39 is 0 Å². The van der Waals surface area contributed by atoms with Gasteiger partial charge in [-0.2, -0.15) is 5.10 Å². The summed E-state index contributed by atoms with van der Waals surface area (Å²) >= 11 is 1.50. The molecule has 5 N–H and O–H groups in total. The summed E-state index contributed by atoms with van der Waals surface area (Å²) in [6.45, 7) is 7.89. The van der Waals surface area contributed by atoms with E-state index in [1.54, 1.807) is 13.1 Å². The Morgan fingerprint density at radius 1 is 1.27 bits per heavy atom. The monoisotopic (exact) mass is 414 g/mol. The van der Waals surface area contributed by atoms with Gasteiger partial charge < -0.3 is 11.5 Å². The number of nitrogens with zero attached hydrogens (tertiary/aromatic N) is 3. The highest BCUT2D eigenvalue weighted by molar-refractivity contribution is 7.22. The maximum absolute atomic E-state index is 12.1. The van der Waals surface area contributed by atoms with Crippen LogP contribution in [0.3, 0.4) is 0 Å². The van der Waals surface area contributed by atoms with Crippen LogP contribution in [-0.2, 0) is 6.54 Å². The van der Waals surface area contributed by atoms with Crippen LogP contribution in [0.25, 0.3) is 31.3 Å². The minimum Gasteiger partial charge on any atom is -0.404 e. The summed E-state index contributed by atoms with van der Waals surface area (Å²) in [5.41, 5.74) is 14.7. The molecule has 2 heterocycles. The molecule has 30 heavy (non-hydrogen) atoms. The zero-order chi connectivity index (χ0) is 21.3. The maximum atomic E-state index is 12.1. The van der Waals surface area contributed by atoms with E-state index in [-0.39, 0.29) is 12.1 Å². The van der Waals surface area contributed by atoms with Crippen molar-refractivity contribution in [3.8, 4) is 0 Å². The van der Waals surface area contributed by atoms with E-state index in [0.29, 0.717) is 33.4 Å². The van der Waals surface area contributed by atoms with Crippen LogP contribution in [0, 0.1) is 6.57 Å². The third-order valence-corrected chi connectivity index (χ3v) is 6.08. The summed E-state index contributed by atoms with van der Waals surface area (Å²) in [5, 5.41) is 8.57. The summed E-state index contributed by atoms with van der Waals surface area (Å²) < 4.78 is 1.01. The molecule has 8 heteroatoms. The van der Waals surface area contributed by atoms with E-state index in [1.807, 2.05) is 36.4 Å². The van der Waals surface area contributed by atoms with Gasteiger partial charge in [-0.15, -0.1) is 11.3 Å². The number of aromatic amines is 1. The molecule has 7 nitrogen and oxygen atoms in total. The Morgan fingerprint density at radius 2 is 2.07 bits per heavy atom. The Morgan fingerprint density at radius 3 is 2.77 bits per heavy atom. The number of fused-ring (bicyclic) bond motifs is 2. The fourth-order valence-electron chi connectivity index (χ4n) is 3.50. The molecule has 0 radical (unpaired) electrons. The van der Waals surface area contributed by atoms with Crippen LogP contribution in [0.2, 0.25) is 0 Å². The summed E-state index contributed by atoms with van der Waals surface area (Å²) in [5.74, 6) is 0. The lowest BCUT2D eigenvalue weighted by molar-refractivity contribution is 0.900. The van der Waals surface area contributed by atoms with Crippen molar-refractivity contribution < 1.29 is 0 Å². The molecule has 4 rings (SSSR count). The molecule has 0 amide bonds. The van der Waals surface area contributed by atoms with Gasteiger partial charge in [-0.1, -0.05) is 24.3 Å². The Hall–Kier alpha value is -3.80. The van der Waals surface area contributed by atoms with Crippen molar-refractivity contribution in [1.29, 1.82) is 0 Å². The van der Waals surface area contributed by atoms with Crippen LogP contribution < -0.4 is 17.0 Å². The lowest BCUT2D eigenvalue weighted by Gasteiger charge is -2.12. The lowest BCUT2D eigenvalue weighted by Crippen LogP contribution is -2.14. The van der Waals surface area contributed by atoms with Gasteiger partial charge in [-0.25, -0.2) is 9.94 Å². The molecule has 0 aliphatic heterocycles. The molecule has 0 fully saturated rings. The molecular weight excluding hydrogens is 396 g/mol.